The SMILES string of the molecule is COc1ccc([C@H](CC(=O)[O-])NC(=O)Cc2ccccc2)cc1OC. The van der Waals surface area contributed by atoms with Gasteiger partial charge >= 0.3 is 0 Å². The number of carbonyl (C=O) groups excluding carboxylic acids is 2. The zero-order valence-electron chi connectivity index (χ0n) is 14.2. The predicted molar refractivity (Wildman–Crippen MR) is 90.2 cm³/mol. The number of rotatable bonds is 8. The molecule has 132 valence electrons. The maximum atomic E-state index is 12.3. The topological polar surface area (TPSA) is 87.7 Å². The van der Waals surface area contributed by atoms with Gasteiger partial charge in [-0.1, -0.05) is 36.4 Å². The van der Waals surface area contributed by atoms with Crippen LogP contribution >= 0.6 is 0 Å². The van der Waals surface area contributed by atoms with Crippen LogP contribution in [-0.2, 0) is 16.0 Å². The number of hydrogen-bond acceptors (Lipinski definition) is 5. The lowest BCUT2D eigenvalue weighted by Gasteiger charge is -2.21. The van der Waals surface area contributed by atoms with Crippen LogP contribution in [0.15, 0.2) is 48.5 Å². The highest BCUT2D eigenvalue weighted by atomic mass is 16.5. The van der Waals surface area contributed by atoms with E-state index in [-0.39, 0.29) is 18.7 Å². The third kappa shape index (κ3) is 5.24. The molecule has 1 amide bonds. The van der Waals surface area contributed by atoms with E-state index in [0.29, 0.717) is 17.1 Å². The average molecular weight is 342 g/mol. The summed E-state index contributed by atoms with van der Waals surface area (Å²) in [4.78, 5) is 23.4. The Morgan fingerprint density at radius 3 is 2.32 bits per heavy atom. The summed E-state index contributed by atoms with van der Waals surface area (Å²) >= 11 is 0. The average Bonchev–Trinajstić information content (AvgIpc) is 2.61. The molecule has 0 saturated heterocycles. The van der Waals surface area contributed by atoms with Crippen molar-refractivity contribution in [1.29, 1.82) is 0 Å². The molecule has 0 aromatic heterocycles. The number of aliphatic carboxylic acids is 1. The molecule has 0 unspecified atom stereocenters. The summed E-state index contributed by atoms with van der Waals surface area (Å²) in [6, 6.07) is 13.5. The van der Waals surface area contributed by atoms with Gasteiger partial charge in [-0.3, -0.25) is 4.79 Å². The lowest BCUT2D eigenvalue weighted by atomic mass is 10.0. The van der Waals surface area contributed by atoms with Gasteiger partial charge in [-0.05, 0) is 23.3 Å². The van der Waals surface area contributed by atoms with E-state index in [1.54, 1.807) is 18.2 Å². The van der Waals surface area contributed by atoms with Crippen molar-refractivity contribution >= 4 is 11.9 Å². The Hall–Kier alpha value is -3.02. The number of hydrogen-bond donors (Lipinski definition) is 1. The normalized spacial score (nSPS) is 11.4. The van der Waals surface area contributed by atoms with E-state index in [4.69, 9.17) is 9.47 Å². The van der Waals surface area contributed by atoms with Gasteiger partial charge in [-0.2, -0.15) is 0 Å². The first-order valence-corrected chi connectivity index (χ1v) is 7.78. The molecule has 0 aliphatic carbocycles. The fourth-order valence-electron chi connectivity index (χ4n) is 2.52. The summed E-state index contributed by atoms with van der Waals surface area (Å²) in [6.45, 7) is 0. The van der Waals surface area contributed by atoms with Gasteiger partial charge in [0.2, 0.25) is 5.91 Å². The van der Waals surface area contributed by atoms with E-state index in [9.17, 15) is 14.7 Å². The number of nitrogens with one attached hydrogen (secondary N) is 1. The maximum Gasteiger partial charge on any atom is 0.224 e. The van der Waals surface area contributed by atoms with Gasteiger partial charge in [0.05, 0.1) is 26.7 Å². The fourth-order valence-corrected chi connectivity index (χ4v) is 2.52. The van der Waals surface area contributed by atoms with E-state index in [0.717, 1.165) is 5.56 Å². The Morgan fingerprint density at radius 1 is 1.04 bits per heavy atom. The Bertz CT molecular complexity index is 730. The van der Waals surface area contributed by atoms with Crippen LogP contribution < -0.4 is 19.9 Å². The van der Waals surface area contributed by atoms with Crippen molar-refractivity contribution in [2.75, 3.05) is 14.2 Å². The van der Waals surface area contributed by atoms with Crippen molar-refractivity contribution in [1.82, 2.24) is 5.32 Å². The molecular weight excluding hydrogens is 322 g/mol. The third-order valence-electron chi connectivity index (χ3n) is 3.72. The molecule has 2 aromatic carbocycles. The molecule has 6 heteroatoms. The van der Waals surface area contributed by atoms with Crippen molar-refractivity contribution in [2.45, 2.75) is 18.9 Å². The Labute approximate surface area is 146 Å². The van der Waals surface area contributed by atoms with Crippen LogP contribution in [0.4, 0.5) is 0 Å². The Morgan fingerprint density at radius 2 is 1.72 bits per heavy atom. The first-order valence-electron chi connectivity index (χ1n) is 7.78. The standard InChI is InChI=1S/C19H21NO5/c1-24-16-9-8-14(11-17(16)25-2)15(12-19(22)23)20-18(21)10-13-6-4-3-5-7-13/h3-9,11,15H,10,12H2,1-2H3,(H,20,21)(H,22,23)/p-1/t15-/m0/s1. The molecular formula is C19H20NO5-. The highest BCUT2D eigenvalue weighted by Gasteiger charge is 2.17. The minimum absolute atomic E-state index is 0.164. The number of carbonyl (C=O) groups is 2. The molecule has 2 rings (SSSR count). The Kier molecular flexibility index (Phi) is 6.39. The van der Waals surface area contributed by atoms with Gasteiger partial charge < -0.3 is 24.7 Å². The molecule has 0 heterocycles. The fraction of sp³-hybridized carbons (Fsp3) is 0.263. The number of carboxylic acids is 1. The molecule has 0 saturated carbocycles. The largest absolute Gasteiger partial charge is 0.550 e. The summed E-state index contributed by atoms with van der Waals surface area (Å²) in [5.41, 5.74) is 1.45. The molecule has 0 aliphatic rings. The van der Waals surface area contributed by atoms with Crippen molar-refractivity contribution in [3.05, 3.63) is 59.7 Å². The predicted octanol–water partition coefficient (Wildman–Crippen LogP) is 1.24. The lowest BCUT2D eigenvalue weighted by Crippen LogP contribution is -2.35. The monoisotopic (exact) mass is 342 g/mol. The van der Waals surface area contributed by atoms with Gasteiger partial charge in [0, 0.05) is 12.4 Å². The maximum absolute atomic E-state index is 12.3. The Balaban J connectivity index is 2.18. The van der Waals surface area contributed by atoms with Crippen LogP contribution in [0, 0.1) is 0 Å². The van der Waals surface area contributed by atoms with Gasteiger partial charge in [0.15, 0.2) is 11.5 Å². The van der Waals surface area contributed by atoms with Crippen LogP contribution in [0.5, 0.6) is 11.5 Å². The van der Waals surface area contributed by atoms with Gasteiger partial charge in [0.25, 0.3) is 0 Å². The number of ether oxygens (including phenoxy) is 2. The number of carboxylic acid groups (broad SMARTS) is 1. The van der Waals surface area contributed by atoms with Crippen LogP contribution in [0.25, 0.3) is 0 Å². The minimum Gasteiger partial charge on any atom is -0.550 e. The molecule has 25 heavy (non-hydrogen) atoms. The van der Waals surface area contributed by atoms with E-state index >= 15 is 0 Å². The number of methoxy groups -OCH3 is 2. The van der Waals surface area contributed by atoms with E-state index in [2.05, 4.69) is 5.32 Å². The van der Waals surface area contributed by atoms with Crippen molar-refractivity contribution in [3.8, 4) is 11.5 Å². The van der Waals surface area contributed by atoms with Crippen molar-refractivity contribution in [2.24, 2.45) is 0 Å². The van der Waals surface area contributed by atoms with Crippen LogP contribution in [0.3, 0.4) is 0 Å². The van der Waals surface area contributed by atoms with E-state index in [1.807, 2.05) is 30.3 Å². The highest BCUT2D eigenvalue weighted by Crippen LogP contribution is 2.30. The zero-order valence-corrected chi connectivity index (χ0v) is 14.2. The van der Waals surface area contributed by atoms with E-state index in [1.165, 1.54) is 14.2 Å². The van der Waals surface area contributed by atoms with Gasteiger partial charge in [-0.15, -0.1) is 0 Å². The summed E-state index contributed by atoms with van der Waals surface area (Å²) in [7, 11) is 3.00. The number of amides is 1. The second-order valence-electron chi connectivity index (χ2n) is 5.47. The summed E-state index contributed by atoms with van der Waals surface area (Å²) in [5.74, 6) is -0.540. The summed E-state index contributed by atoms with van der Waals surface area (Å²) in [5, 5.41) is 13.8. The molecule has 2 aromatic rings. The van der Waals surface area contributed by atoms with Crippen LogP contribution in [0.2, 0.25) is 0 Å². The lowest BCUT2D eigenvalue weighted by molar-refractivity contribution is -0.306. The van der Waals surface area contributed by atoms with Crippen molar-refractivity contribution in [3.63, 3.8) is 0 Å². The molecule has 0 fully saturated rings. The molecule has 1 N–H and O–H groups in total. The second-order valence-corrected chi connectivity index (χ2v) is 5.47. The van der Waals surface area contributed by atoms with Crippen molar-refractivity contribution < 1.29 is 24.2 Å². The molecule has 0 spiro atoms. The molecule has 0 aliphatic heterocycles. The van der Waals surface area contributed by atoms with Gasteiger partial charge in [-0.25, -0.2) is 0 Å². The second kappa shape index (κ2) is 8.73. The van der Waals surface area contributed by atoms with E-state index < -0.39 is 12.0 Å². The van der Waals surface area contributed by atoms with Crippen LogP contribution in [-0.4, -0.2) is 26.1 Å². The molecule has 1 atom stereocenters. The molecule has 6 nitrogen and oxygen atoms in total. The zero-order chi connectivity index (χ0) is 18.2. The smallest absolute Gasteiger partial charge is 0.224 e. The summed E-state index contributed by atoms with van der Waals surface area (Å²) < 4.78 is 10.4. The highest BCUT2D eigenvalue weighted by molar-refractivity contribution is 5.79. The molecule has 0 radical (unpaired) electrons. The first-order chi connectivity index (χ1) is 12.0. The summed E-state index contributed by atoms with van der Waals surface area (Å²) in [6.07, 6.45) is -0.173. The van der Waals surface area contributed by atoms with Crippen LogP contribution in [0.1, 0.15) is 23.6 Å². The first kappa shape index (κ1) is 18.3. The third-order valence-corrected chi connectivity index (χ3v) is 3.72. The van der Waals surface area contributed by atoms with Gasteiger partial charge in [0.1, 0.15) is 0 Å². The molecule has 0 bridgehead atoms. The minimum atomic E-state index is -1.25. The number of benzene rings is 2. The quantitative estimate of drug-likeness (QED) is 0.780.